The van der Waals surface area contributed by atoms with Crippen LogP contribution in [0, 0.1) is 17.8 Å². The molecular formula is C22H39N3O6. The van der Waals surface area contributed by atoms with Gasteiger partial charge in [0.1, 0.15) is 17.7 Å². The van der Waals surface area contributed by atoms with Gasteiger partial charge in [0.05, 0.1) is 0 Å². The molecule has 0 aromatic rings. The van der Waals surface area contributed by atoms with Gasteiger partial charge in [0, 0.05) is 12.5 Å². The summed E-state index contributed by atoms with van der Waals surface area (Å²) in [4.78, 5) is 47.9. The van der Waals surface area contributed by atoms with Crippen LogP contribution < -0.4 is 16.0 Å². The lowest BCUT2D eigenvalue weighted by molar-refractivity contribution is -0.144. The van der Waals surface area contributed by atoms with Gasteiger partial charge in [-0.3, -0.25) is 9.59 Å². The van der Waals surface area contributed by atoms with E-state index in [1.165, 1.54) is 0 Å². The second kappa shape index (κ2) is 11.9. The number of carbonyl (C=O) groups is 4. The van der Waals surface area contributed by atoms with Crippen molar-refractivity contribution in [2.75, 3.05) is 6.54 Å². The SMILES string of the molecule is CC[C@H](C)[C@H](NC(=O)C1CCC(CNC(=O)[C@@H](C)NC(=O)OC(C)(C)C)CC1)C(=O)O. The zero-order chi connectivity index (χ0) is 23.8. The maximum Gasteiger partial charge on any atom is 0.408 e. The number of carboxylic acids is 1. The third-order valence-corrected chi connectivity index (χ3v) is 5.69. The van der Waals surface area contributed by atoms with Gasteiger partial charge in [-0.1, -0.05) is 20.3 Å². The third kappa shape index (κ3) is 9.57. The third-order valence-electron chi connectivity index (χ3n) is 5.69. The van der Waals surface area contributed by atoms with Crippen LogP contribution in [0.3, 0.4) is 0 Å². The van der Waals surface area contributed by atoms with Crippen molar-refractivity contribution < 1.29 is 29.0 Å². The summed E-state index contributed by atoms with van der Waals surface area (Å²) in [5.74, 6) is -1.59. The lowest BCUT2D eigenvalue weighted by Crippen LogP contribution is -2.48. The van der Waals surface area contributed by atoms with E-state index in [2.05, 4.69) is 16.0 Å². The van der Waals surface area contributed by atoms with E-state index in [1.54, 1.807) is 27.7 Å². The smallest absolute Gasteiger partial charge is 0.408 e. The lowest BCUT2D eigenvalue weighted by Gasteiger charge is -2.30. The normalized spacial score (nSPS) is 21.9. The Morgan fingerprint density at radius 2 is 1.61 bits per heavy atom. The highest BCUT2D eigenvalue weighted by Gasteiger charge is 2.31. The lowest BCUT2D eigenvalue weighted by atomic mass is 9.81. The van der Waals surface area contributed by atoms with Crippen LogP contribution in [0.25, 0.3) is 0 Å². The Bertz CT molecular complexity index is 638. The summed E-state index contributed by atoms with van der Waals surface area (Å²) >= 11 is 0. The zero-order valence-electron chi connectivity index (χ0n) is 19.6. The van der Waals surface area contributed by atoms with Crippen LogP contribution in [0.15, 0.2) is 0 Å². The molecule has 9 nitrogen and oxygen atoms in total. The molecule has 3 amide bonds. The molecule has 0 aromatic carbocycles. The van der Waals surface area contributed by atoms with Crippen LogP contribution in [0.5, 0.6) is 0 Å². The molecular weight excluding hydrogens is 402 g/mol. The van der Waals surface area contributed by atoms with Crippen LogP contribution in [-0.4, -0.2) is 53.2 Å². The van der Waals surface area contributed by atoms with E-state index in [-0.39, 0.29) is 29.6 Å². The quantitative estimate of drug-likeness (QED) is 0.434. The van der Waals surface area contributed by atoms with Gasteiger partial charge in [-0.05, 0) is 65.2 Å². The molecule has 3 atom stereocenters. The predicted molar refractivity (Wildman–Crippen MR) is 116 cm³/mol. The van der Waals surface area contributed by atoms with Crippen molar-refractivity contribution in [1.29, 1.82) is 0 Å². The summed E-state index contributed by atoms with van der Waals surface area (Å²) in [5.41, 5.74) is -0.635. The number of rotatable bonds is 9. The highest BCUT2D eigenvalue weighted by molar-refractivity contribution is 5.86. The zero-order valence-corrected chi connectivity index (χ0v) is 19.6. The summed E-state index contributed by atoms with van der Waals surface area (Å²) < 4.78 is 5.15. The number of hydrogen-bond donors (Lipinski definition) is 4. The molecule has 0 radical (unpaired) electrons. The summed E-state index contributed by atoms with van der Waals surface area (Å²) in [6.07, 6.45) is 2.89. The van der Waals surface area contributed by atoms with Crippen LogP contribution in [0.2, 0.25) is 0 Å². The number of amides is 3. The molecule has 1 fully saturated rings. The highest BCUT2D eigenvalue weighted by Crippen LogP contribution is 2.29. The van der Waals surface area contributed by atoms with Crippen molar-refractivity contribution in [2.24, 2.45) is 17.8 Å². The summed E-state index contributed by atoms with van der Waals surface area (Å²) in [5, 5.41) is 17.4. The fourth-order valence-electron chi connectivity index (χ4n) is 3.53. The fourth-order valence-corrected chi connectivity index (χ4v) is 3.53. The van der Waals surface area contributed by atoms with Gasteiger partial charge in [-0.15, -0.1) is 0 Å². The molecule has 178 valence electrons. The number of ether oxygens (including phenoxy) is 1. The minimum absolute atomic E-state index is 0.135. The molecule has 1 aliphatic rings. The summed E-state index contributed by atoms with van der Waals surface area (Å²) in [6, 6.07) is -1.58. The number of alkyl carbamates (subject to hydrolysis) is 1. The average Bonchev–Trinajstić information content (AvgIpc) is 2.67. The van der Waals surface area contributed by atoms with Crippen LogP contribution in [0.4, 0.5) is 4.79 Å². The minimum Gasteiger partial charge on any atom is -0.480 e. The number of hydrogen-bond acceptors (Lipinski definition) is 5. The van der Waals surface area contributed by atoms with Crippen molar-refractivity contribution in [3.8, 4) is 0 Å². The second-order valence-corrected chi connectivity index (χ2v) is 9.54. The molecule has 1 aliphatic carbocycles. The Labute approximate surface area is 185 Å². The number of carbonyl (C=O) groups excluding carboxylic acids is 3. The maximum atomic E-state index is 12.5. The van der Waals surface area contributed by atoms with Gasteiger partial charge in [-0.2, -0.15) is 0 Å². The largest absolute Gasteiger partial charge is 0.480 e. The molecule has 0 saturated heterocycles. The van der Waals surface area contributed by atoms with Gasteiger partial charge in [0.15, 0.2) is 0 Å². The molecule has 0 aliphatic heterocycles. The van der Waals surface area contributed by atoms with Crippen molar-refractivity contribution in [1.82, 2.24) is 16.0 Å². The average molecular weight is 442 g/mol. The Hall–Kier alpha value is -2.32. The standard InChI is InChI=1S/C22H39N3O6/c1-7-13(2)17(20(28)29)25-19(27)16-10-8-15(9-11-16)12-23-18(26)14(3)24-21(30)31-22(4,5)6/h13-17H,7-12H2,1-6H3,(H,23,26)(H,24,30)(H,25,27)(H,28,29)/t13-,14+,15?,16?,17-/m0/s1. The van der Waals surface area contributed by atoms with E-state index in [1.807, 2.05) is 13.8 Å². The maximum absolute atomic E-state index is 12.5. The molecule has 1 saturated carbocycles. The monoisotopic (exact) mass is 441 g/mol. The Balaban J connectivity index is 2.39. The van der Waals surface area contributed by atoms with Crippen LogP contribution in [0.1, 0.15) is 73.6 Å². The number of nitrogens with one attached hydrogen (secondary N) is 3. The highest BCUT2D eigenvalue weighted by atomic mass is 16.6. The van der Waals surface area contributed by atoms with E-state index in [0.717, 1.165) is 12.8 Å². The molecule has 1 rings (SSSR count). The van der Waals surface area contributed by atoms with E-state index >= 15 is 0 Å². The van der Waals surface area contributed by atoms with E-state index in [9.17, 15) is 24.3 Å². The van der Waals surface area contributed by atoms with Crippen molar-refractivity contribution in [3.63, 3.8) is 0 Å². The minimum atomic E-state index is -1.01. The summed E-state index contributed by atoms with van der Waals surface area (Å²) in [7, 11) is 0. The Morgan fingerprint density at radius 1 is 1.03 bits per heavy atom. The first kappa shape index (κ1) is 26.7. The summed E-state index contributed by atoms with van der Waals surface area (Å²) in [6.45, 7) is 11.0. The topological polar surface area (TPSA) is 134 Å². The first-order chi connectivity index (χ1) is 14.3. The van der Waals surface area contributed by atoms with Crippen molar-refractivity contribution >= 4 is 23.9 Å². The number of carboxylic acid groups (broad SMARTS) is 1. The first-order valence-electron chi connectivity index (χ1n) is 11.1. The molecule has 31 heavy (non-hydrogen) atoms. The predicted octanol–water partition coefficient (Wildman–Crippen LogP) is 2.44. The van der Waals surface area contributed by atoms with Crippen molar-refractivity contribution in [2.45, 2.75) is 91.3 Å². The van der Waals surface area contributed by atoms with Gasteiger partial charge < -0.3 is 25.8 Å². The Morgan fingerprint density at radius 3 is 2.10 bits per heavy atom. The Kier molecular flexibility index (Phi) is 10.3. The van der Waals surface area contributed by atoms with E-state index in [0.29, 0.717) is 25.8 Å². The second-order valence-electron chi connectivity index (χ2n) is 9.54. The van der Waals surface area contributed by atoms with Gasteiger partial charge >= 0.3 is 12.1 Å². The fraction of sp³-hybridized carbons (Fsp3) is 0.818. The van der Waals surface area contributed by atoms with Crippen molar-refractivity contribution in [3.05, 3.63) is 0 Å². The molecule has 9 heteroatoms. The molecule has 0 aromatic heterocycles. The molecule has 0 heterocycles. The van der Waals surface area contributed by atoms with Gasteiger partial charge in [-0.25, -0.2) is 9.59 Å². The van der Waals surface area contributed by atoms with Crippen LogP contribution in [-0.2, 0) is 19.1 Å². The molecule has 0 spiro atoms. The van der Waals surface area contributed by atoms with E-state index < -0.39 is 29.7 Å². The van der Waals surface area contributed by atoms with E-state index in [4.69, 9.17) is 4.74 Å². The first-order valence-corrected chi connectivity index (χ1v) is 11.1. The molecule has 0 bridgehead atoms. The van der Waals surface area contributed by atoms with Gasteiger partial charge in [0.2, 0.25) is 11.8 Å². The van der Waals surface area contributed by atoms with Crippen LogP contribution >= 0.6 is 0 Å². The van der Waals surface area contributed by atoms with Gasteiger partial charge in [0.25, 0.3) is 0 Å². The molecule has 0 unspecified atom stereocenters. The number of aliphatic carboxylic acids is 1. The molecule has 4 N–H and O–H groups in total.